The van der Waals surface area contributed by atoms with E-state index in [2.05, 4.69) is 31.9 Å². The molecule has 0 aromatic heterocycles. The molecule has 10 nitrogen and oxygen atoms in total. The summed E-state index contributed by atoms with van der Waals surface area (Å²) in [5.41, 5.74) is 0.657. The predicted molar refractivity (Wildman–Crippen MR) is 190 cm³/mol. The summed E-state index contributed by atoms with van der Waals surface area (Å²) >= 11 is 13.5. The molecule has 4 amide bonds. The highest BCUT2D eigenvalue weighted by atomic mass is 79.9. The number of aromatic hydroxyl groups is 1. The van der Waals surface area contributed by atoms with Crippen LogP contribution >= 0.6 is 43.5 Å². The zero-order chi connectivity index (χ0) is 35.6. The van der Waals surface area contributed by atoms with Crippen molar-refractivity contribution in [3.8, 4) is 11.5 Å². The number of benzene rings is 3. The van der Waals surface area contributed by atoms with E-state index in [1.165, 1.54) is 16.9 Å². The number of carboxylic acid groups (broad SMARTS) is 1. The van der Waals surface area contributed by atoms with Crippen LogP contribution in [0.2, 0.25) is 5.02 Å². The number of fused-ring (bicyclic) bond motifs is 4. The lowest BCUT2D eigenvalue weighted by Gasteiger charge is -2.51. The van der Waals surface area contributed by atoms with Crippen LogP contribution in [0.1, 0.15) is 42.7 Å². The minimum absolute atomic E-state index is 0.0204. The van der Waals surface area contributed by atoms with E-state index in [-0.39, 0.29) is 54.1 Å². The Labute approximate surface area is 309 Å². The number of hydrogen-bond acceptors (Lipinski definition) is 7. The molecule has 50 heavy (non-hydrogen) atoms. The van der Waals surface area contributed by atoms with Gasteiger partial charge in [-0.1, -0.05) is 59.6 Å². The predicted octanol–water partition coefficient (Wildman–Crippen LogP) is 6.61. The van der Waals surface area contributed by atoms with Gasteiger partial charge in [0, 0.05) is 28.4 Å². The van der Waals surface area contributed by atoms with E-state index < -0.39 is 58.7 Å². The van der Waals surface area contributed by atoms with Crippen LogP contribution in [-0.4, -0.2) is 58.4 Å². The van der Waals surface area contributed by atoms with Crippen molar-refractivity contribution in [1.29, 1.82) is 0 Å². The van der Waals surface area contributed by atoms with Crippen molar-refractivity contribution in [2.24, 2.45) is 23.7 Å². The number of carbonyl (C=O) groups is 5. The van der Waals surface area contributed by atoms with Crippen LogP contribution < -0.4 is 9.64 Å². The van der Waals surface area contributed by atoms with E-state index in [0.29, 0.717) is 26.3 Å². The molecule has 0 radical (unpaired) electrons. The molecule has 13 heteroatoms. The maximum atomic E-state index is 15.4. The number of ether oxygens (including phenoxy) is 1. The average Bonchev–Trinajstić information content (AvgIpc) is 3.48. The maximum absolute atomic E-state index is 15.4. The van der Waals surface area contributed by atoms with Crippen LogP contribution in [0.4, 0.5) is 5.69 Å². The van der Waals surface area contributed by atoms with E-state index in [1.54, 1.807) is 30.3 Å². The molecule has 3 aromatic rings. The van der Waals surface area contributed by atoms with Gasteiger partial charge in [0.15, 0.2) is 11.5 Å². The molecule has 3 aromatic carbocycles. The fourth-order valence-electron chi connectivity index (χ4n) is 8.74. The molecule has 0 spiro atoms. The zero-order valence-corrected chi connectivity index (χ0v) is 30.6. The van der Waals surface area contributed by atoms with Gasteiger partial charge in [-0.3, -0.25) is 28.9 Å². The first-order chi connectivity index (χ1) is 23.9. The largest absolute Gasteiger partial charge is 0.503 e. The summed E-state index contributed by atoms with van der Waals surface area (Å²) in [5, 5.41) is 20.5. The SMILES string of the molecule is COc1cc(C2C3=CCC4C(=O)N(CCCC(=O)O)C(=O)C4C3CC3C(=O)N(c4cccc(Cl)c4)C(=O)C32c2ccccc2)c(Br)c(Br)c1O. The van der Waals surface area contributed by atoms with Gasteiger partial charge in [0.25, 0.3) is 0 Å². The Balaban J connectivity index is 1.48. The molecule has 6 atom stereocenters. The van der Waals surface area contributed by atoms with E-state index in [4.69, 9.17) is 16.3 Å². The van der Waals surface area contributed by atoms with Crippen LogP contribution in [-0.2, 0) is 29.4 Å². The van der Waals surface area contributed by atoms with Crippen molar-refractivity contribution >= 4 is 78.7 Å². The number of halogens is 3. The number of aliphatic carboxylic acids is 1. The van der Waals surface area contributed by atoms with Gasteiger partial charge >= 0.3 is 5.97 Å². The lowest BCUT2D eigenvalue weighted by molar-refractivity contribution is -0.142. The highest BCUT2D eigenvalue weighted by molar-refractivity contribution is 9.13. The zero-order valence-electron chi connectivity index (χ0n) is 26.6. The highest BCUT2D eigenvalue weighted by Gasteiger charge is 2.70. The number of phenols is 1. The maximum Gasteiger partial charge on any atom is 0.303 e. The van der Waals surface area contributed by atoms with E-state index in [1.807, 2.05) is 36.4 Å². The first kappa shape index (κ1) is 34.4. The smallest absolute Gasteiger partial charge is 0.303 e. The first-order valence-electron chi connectivity index (χ1n) is 16.1. The Bertz CT molecular complexity index is 2000. The molecule has 0 bridgehead atoms. The Kier molecular flexibility index (Phi) is 8.93. The van der Waals surface area contributed by atoms with Crippen LogP contribution in [0.25, 0.3) is 0 Å². The molecule has 4 aliphatic rings. The highest BCUT2D eigenvalue weighted by Crippen LogP contribution is 2.66. The number of likely N-dealkylation sites (tertiary alicyclic amines) is 1. The molecular formula is C37H31Br2ClN2O8. The molecule has 2 aliphatic carbocycles. The Hall–Kier alpha value is -4.00. The van der Waals surface area contributed by atoms with E-state index >= 15 is 4.79 Å². The quantitative estimate of drug-likeness (QED) is 0.191. The number of methoxy groups -OCH3 is 1. The topological polar surface area (TPSA) is 142 Å². The number of allylic oxidation sites excluding steroid dienone is 2. The summed E-state index contributed by atoms with van der Waals surface area (Å²) in [5.74, 6) is -6.69. The van der Waals surface area contributed by atoms with Crippen molar-refractivity contribution in [2.75, 3.05) is 18.6 Å². The Morgan fingerprint density at radius 1 is 0.980 bits per heavy atom. The molecule has 2 aliphatic heterocycles. The lowest BCUT2D eigenvalue weighted by atomic mass is 9.49. The van der Waals surface area contributed by atoms with Crippen LogP contribution in [0.5, 0.6) is 11.5 Å². The monoisotopic (exact) mass is 824 g/mol. The van der Waals surface area contributed by atoms with E-state index in [9.17, 15) is 29.4 Å². The van der Waals surface area contributed by atoms with Gasteiger partial charge in [-0.05, 0) is 92.4 Å². The second-order valence-corrected chi connectivity index (χ2v) is 15.1. The summed E-state index contributed by atoms with van der Waals surface area (Å²) in [7, 11) is 1.41. The summed E-state index contributed by atoms with van der Waals surface area (Å²) in [6.45, 7) is -0.0204. The van der Waals surface area contributed by atoms with Gasteiger partial charge in [0.05, 0.1) is 40.4 Å². The van der Waals surface area contributed by atoms with Crippen LogP contribution in [0, 0.1) is 23.7 Å². The molecule has 1 saturated carbocycles. The summed E-state index contributed by atoms with van der Waals surface area (Å²) in [4.78, 5) is 71.7. The standard InChI is InChI=1S/C37H31Br2ClN2O8/c1-50-26-17-24(30(38)31(39)32(26)45)29-21-12-13-22-28(35(48)41(33(22)46)14-6-11-27(43)44)23(21)16-25-34(47)42(20-10-5-9-19(40)15-20)36(49)37(25,29)18-7-3-2-4-8-18/h2-5,7-10,12,15,17,22-23,25,28-29,45H,6,11,13-14,16H2,1H3,(H,43,44). The third-order valence-corrected chi connectivity index (χ3v) is 13.1. The number of hydrogen-bond donors (Lipinski definition) is 2. The number of rotatable bonds is 8. The van der Waals surface area contributed by atoms with Crippen molar-refractivity contribution in [3.05, 3.63) is 97.4 Å². The molecule has 2 saturated heterocycles. The van der Waals surface area contributed by atoms with Crippen molar-refractivity contribution < 1.29 is 38.9 Å². The second-order valence-electron chi connectivity index (χ2n) is 13.1. The number of imide groups is 2. The summed E-state index contributed by atoms with van der Waals surface area (Å²) in [6, 6.07) is 17.3. The molecule has 6 unspecified atom stereocenters. The summed E-state index contributed by atoms with van der Waals surface area (Å²) in [6.07, 6.45) is 2.19. The number of amides is 4. The third kappa shape index (κ3) is 5.04. The fourth-order valence-corrected chi connectivity index (χ4v) is 9.88. The number of phenolic OH excluding ortho intramolecular Hbond substituents is 1. The summed E-state index contributed by atoms with van der Waals surface area (Å²) < 4.78 is 6.29. The van der Waals surface area contributed by atoms with Gasteiger partial charge in [-0.25, -0.2) is 4.90 Å². The molecular weight excluding hydrogens is 796 g/mol. The number of anilines is 1. The van der Waals surface area contributed by atoms with Gasteiger partial charge in [0.1, 0.15) is 0 Å². The minimum Gasteiger partial charge on any atom is -0.503 e. The normalized spacial score (nSPS) is 27.2. The van der Waals surface area contributed by atoms with Gasteiger partial charge in [0.2, 0.25) is 23.6 Å². The molecule has 2 N–H and O–H groups in total. The first-order valence-corrected chi connectivity index (χ1v) is 18.1. The van der Waals surface area contributed by atoms with Crippen molar-refractivity contribution in [3.63, 3.8) is 0 Å². The van der Waals surface area contributed by atoms with Crippen LogP contribution in [0.3, 0.4) is 0 Å². The minimum atomic E-state index is -1.52. The number of nitrogens with zero attached hydrogens (tertiary/aromatic N) is 2. The van der Waals surface area contributed by atoms with Gasteiger partial charge < -0.3 is 14.9 Å². The molecule has 3 fully saturated rings. The third-order valence-electron chi connectivity index (χ3n) is 10.7. The van der Waals surface area contributed by atoms with Crippen LogP contribution in [0.15, 0.2) is 81.3 Å². The molecule has 7 rings (SSSR count). The lowest BCUT2D eigenvalue weighted by Crippen LogP contribution is -2.53. The fraction of sp³-hybridized carbons (Fsp3) is 0.324. The Morgan fingerprint density at radius 2 is 1.72 bits per heavy atom. The second kappa shape index (κ2) is 13.0. The van der Waals surface area contributed by atoms with Crippen molar-refractivity contribution in [2.45, 2.75) is 37.0 Å². The van der Waals surface area contributed by atoms with Gasteiger partial charge in [-0.15, -0.1) is 0 Å². The average molecular weight is 827 g/mol. The van der Waals surface area contributed by atoms with Crippen molar-refractivity contribution in [1.82, 2.24) is 4.90 Å². The number of carbonyl (C=O) groups excluding carboxylic acids is 4. The Morgan fingerprint density at radius 3 is 2.40 bits per heavy atom. The number of carboxylic acids is 1. The molecule has 258 valence electrons. The molecule has 2 heterocycles. The van der Waals surface area contributed by atoms with Gasteiger partial charge in [-0.2, -0.15) is 0 Å². The van der Waals surface area contributed by atoms with E-state index in [0.717, 1.165) is 5.57 Å².